The lowest BCUT2D eigenvalue weighted by molar-refractivity contribution is 0.0895. The molecule has 1 saturated heterocycles. The molecular weight excluding hydrogens is 408 g/mol. The second-order valence-electron chi connectivity index (χ2n) is 7.03. The molecular formula is C21H21ClN4O2S. The van der Waals surface area contributed by atoms with Gasteiger partial charge in [0.05, 0.1) is 17.3 Å². The van der Waals surface area contributed by atoms with Gasteiger partial charge in [-0.2, -0.15) is 0 Å². The summed E-state index contributed by atoms with van der Waals surface area (Å²) in [7, 11) is 0. The molecule has 6 nitrogen and oxygen atoms in total. The summed E-state index contributed by atoms with van der Waals surface area (Å²) in [6, 6.07) is 16.9. The van der Waals surface area contributed by atoms with Crippen molar-refractivity contribution in [2.24, 2.45) is 0 Å². The van der Waals surface area contributed by atoms with Gasteiger partial charge in [0.2, 0.25) is 5.89 Å². The molecule has 2 aromatic carbocycles. The molecule has 8 heteroatoms. The van der Waals surface area contributed by atoms with Crippen LogP contribution in [0.5, 0.6) is 0 Å². The lowest BCUT2D eigenvalue weighted by atomic mass is 10.0. The minimum Gasteiger partial charge on any atom is -0.409 e. The van der Waals surface area contributed by atoms with Crippen molar-refractivity contribution in [3.05, 3.63) is 70.0 Å². The maximum absolute atomic E-state index is 12.3. The fraction of sp³-hybridized carbons (Fsp3) is 0.286. The molecule has 0 radical (unpaired) electrons. The number of nitrogens with zero attached hydrogens (tertiary/aromatic N) is 3. The van der Waals surface area contributed by atoms with E-state index >= 15 is 0 Å². The van der Waals surface area contributed by atoms with Gasteiger partial charge in [0, 0.05) is 24.7 Å². The first kappa shape index (κ1) is 19.8. The highest BCUT2D eigenvalue weighted by Gasteiger charge is 2.22. The van der Waals surface area contributed by atoms with E-state index in [1.165, 1.54) is 0 Å². The van der Waals surface area contributed by atoms with Gasteiger partial charge < -0.3 is 9.73 Å². The molecule has 4 rings (SSSR count). The van der Waals surface area contributed by atoms with Gasteiger partial charge in [-0.3, -0.25) is 9.69 Å². The van der Waals surface area contributed by atoms with Crippen molar-refractivity contribution < 1.29 is 9.21 Å². The number of hydrogen-bond donors (Lipinski definition) is 1. The Hall–Kier alpha value is -2.48. The van der Waals surface area contributed by atoms with Crippen LogP contribution in [-0.2, 0) is 6.67 Å². The summed E-state index contributed by atoms with van der Waals surface area (Å²) in [5, 5.41) is 8.19. The predicted molar refractivity (Wildman–Crippen MR) is 114 cm³/mol. The van der Waals surface area contributed by atoms with Crippen LogP contribution in [0.4, 0.5) is 0 Å². The molecule has 0 saturated carbocycles. The lowest BCUT2D eigenvalue weighted by Crippen LogP contribution is -2.45. The minimum atomic E-state index is -0.0212. The van der Waals surface area contributed by atoms with Gasteiger partial charge in [-0.15, -0.1) is 5.10 Å². The van der Waals surface area contributed by atoms with Gasteiger partial charge in [0.25, 0.3) is 10.7 Å². The van der Waals surface area contributed by atoms with Crippen LogP contribution in [0.1, 0.15) is 23.2 Å². The molecule has 0 unspecified atom stereocenters. The van der Waals surface area contributed by atoms with Crippen LogP contribution in [0, 0.1) is 4.84 Å². The number of nitrogens with one attached hydrogen (secondary N) is 1. The van der Waals surface area contributed by atoms with Gasteiger partial charge in [0.15, 0.2) is 0 Å². The van der Waals surface area contributed by atoms with Crippen LogP contribution in [-0.4, -0.2) is 39.7 Å². The van der Waals surface area contributed by atoms with E-state index in [-0.39, 0.29) is 11.9 Å². The average Bonchev–Trinajstić information content (AvgIpc) is 3.10. The maximum Gasteiger partial charge on any atom is 0.288 e. The Morgan fingerprint density at radius 1 is 1.14 bits per heavy atom. The maximum atomic E-state index is 12.3. The summed E-state index contributed by atoms with van der Waals surface area (Å²) in [5.41, 5.74) is 1.41. The third-order valence-electron chi connectivity index (χ3n) is 5.00. The van der Waals surface area contributed by atoms with Crippen LogP contribution in [0.2, 0.25) is 5.02 Å². The molecule has 1 aliphatic rings. The number of halogens is 1. The highest BCUT2D eigenvalue weighted by Crippen LogP contribution is 2.26. The van der Waals surface area contributed by atoms with Crippen molar-refractivity contribution in [1.29, 1.82) is 0 Å². The monoisotopic (exact) mass is 428 g/mol. The van der Waals surface area contributed by atoms with Crippen molar-refractivity contribution >= 4 is 29.7 Å². The molecule has 1 aliphatic heterocycles. The highest BCUT2D eigenvalue weighted by atomic mass is 35.5. The van der Waals surface area contributed by atoms with Gasteiger partial charge >= 0.3 is 0 Å². The number of likely N-dealkylation sites (tertiary alicyclic amines) is 1. The molecule has 0 atom stereocenters. The standard InChI is InChI=1S/C21H21ClN4O2S/c22-18-9-5-4-8-17(18)20-24-26(21(29)28-20)14-25-12-10-16(11-13-25)23-19(27)15-6-2-1-3-7-15/h1-9,16H,10-14H2,(H,23,27). The zero-order chi connectivity index (χ0) is 20.2. The van der Waals surface area contributed by atoms with Gasteiger partial charge in [0.1, 0.15) is 0 Å². The van der Waals surface area contributed by atoms with E-state index in [1.54, 1.807) is 10.7 Å². The number of carbonyl (C=O) groups excluding carboxylic acids is 1. The minimum absolute atomic E-state index is 0.0212. The number of carbonyl (C=O) groups is 1. The highest BCUT2D eigenvalue weighted by molar-refractivity contribution is 7.71. The van der Waals surface area contributed by atoms with Gasteiger partial charge in [-0.05, 0) is 49.3 Å². The van der Waals surface area contributed by atoms with E-state index < -0.39 is 0 Å². The first-order valence-corrected chi connectivity index (χ1v) is 10.3. The number of rotatable bonds is 5. The van der Waals surface area contributed by atoms with E-state index in [2.05, 4.69) is 15.3 Å². The van der Waals surface area contributed by atoms with Crippen molar-refractivity contribution in [2.45, 2.75) is 25.6 Å². The third-order valence-corrected chi connectivity index (χ3v) is 5.63. The van der Waals surface area contributed by atoms with E-state index in [9.17, 15) is 4.79 Å². The number of benzene rings is 2. The Labute approximate surface area is 179 Å². The normalized spacial score (nSPS) is 15.3. The van der Waals surface area contributed by atoms with Crippen LogP contribution in [0.3, 0.4) is 0 Å². The molecule has 1 amide bonds. The van der Waals surface area contributed by atoms with Crippen molar-refractivity contribution in [3.8, 4) is 11.5 Å². The molecule has 1 fully saturated rings. The Kier molecular flexibility index (Phi) is 6.08. The second kappa shape index (κ2) is 8.90. The molecule has 0 spiro atoms. The van der Waals surface area contributed by atoms with Crippen LogP contribution < -0.4 is 5.32 Å². The lowest BCUT2D eigenvalue weighted by Gasteiger charge is -2.31. The molecule has 150 valence electrons. The fourth-order valence-electron chi connectivity index (χ4n) is 3.41. The van der Waals surface area contributed by atoms with Crippen LogP contribution >= 0.6 is 23.8 Å². The van der Waals surface area contributed by atoms with Gasteiger partial charge in [-0.25, -0.2) is 4.68 Å². The summed E-state index contributed by atoms with van der Waals surface area (Å²) in [4.78, 5) is 14.9. The van der Waals surface area contributed by atoms with E-state index in [1.807, 2.05) is 48.5 Å². The molecule has 1 N–H and O–H groups in total. The fourth-order valence-corrected chi connectivity index (χ4v) is 3.80. The molecule has 1 aromatic heterocycles. The number of amides is 1. The first-order valence-electron chi connectivity index (χ1n) is 9.51. The molecule has 29 heavy (non-hydrogen) atoms. The number of piperidine rings is 1. The number of hydrogen-bond acceptors (Lipinski definition) is 5. The van der Waals surface area contributed by atoms with Crippen LogP contribution in [0.15, 0.2) is 59.0 Å². The van der Waals surface area contributed by atoms with Gasteiger partial charge in [-0.1, -0.05) is 41.9 Å². The topological polar surface area (TPSA) is 63.3 Å². The number of aromatic nitrogens is 2. The van der Waals surface area contributed by atoms with E-state index in [4.69, 9.17) is 28.2 Å². The zero-order valence-electron chi connectivity index (χ0n) is 15.8. The smallest absolute Gasteiger partial charge is 0.288 e. The van der Waals surface area contributed by atoms with Crippen molar-refractivity contribution in [2.75, 3.05) is 13.1 Å². The SMILES string of the molecule is O=C(NC1CCN(Cn2nc(-c3ccccc3Cl)oc2=S)CC1)c1ccccc1. The molecule has 2 heterocycles. The van der Waals surface area contributed by atoms with E-state index in [0.717, 1.165) is 31.5 Å². The predicted octanol–water partition coefficient (Wildman–Crippen LogP) is 4.38. The third kappa shape index (κ3) is 4.75. The second-order valence-corrected chi connectivity index (χ2v) is 7.78. The Bertz CT molecular complexity index is 1040. The van der Waals surface area contributed by atoms with Crippen molar-refractivity contribution in [3.63, 3.8) is 0 Å². The Morgan fingerprint density at radius 2 is 1.83 bits per heavy atom. The summed E-state index contributed by atoms with van der Waals surface area (Å²) in [6.07, 6.45) is 1.75. The quantitative estimate of drug-likeness (QED) is 0.611. The summed E-state index contributed by atoms with van der Waals surface area (Å²) in [5.74, 6) is 0.401. The molecule has 3 aromatic rings. The summed E-state index contributed by atoms with van der Waals surface area (Å²) < 4.78 is 7.32. The zero-order valence-corrected chi connectivity index (χ0v) is 17.3. The molecule has 0 bridgehead atoms. The Balaban J connectivity index is 1.34. The summed E-state index contributed by atoms with van der Waals surface area (Å²) >= 11 is 11.6. The van der Waals surface area contributed by atoms with Crippen LogP contribution in [0.25, 0.3) is 11.5 Å². The first-order chi connectivity index (χ1) is 14.1. The summed E-state index contributed by atoms with van der Waals surface area (Å²) in [6.45, 7) is 2.23. The Morgan fingerprint density at radius 3 is 2.55 bits per heavy atom. The van der Waals surface area contributed by atoms with Crippen molar-refractivity contribution in [1.82, 2.24) is 20.0 Å². The average molecular weight is 429 g/mol. The molecule has 0 aliphatic carbocycles. The largest absolute Gasteiger partial charge is 0.409 e. The van der Waals surface area contributed by atoms with E-state index in [0.29, 0.717) is 28.0 Å².